The van der Waals surface area contributed by atoms with Crippen molar-refractivity contribution in [2.45, 2.75) is 19.8 Å². The molecule has 0 amide bonds. The number of rotatable bonds is 3. The van der Waals surface area contributed by atoms with Gasteiger partial charge in [0.05, 0.1) is 5.97 Å². The molecule has 4 nitrogen and oxygen atoms in total. The number of unbranched alkanes of at least 4 members (excludes halogenated alkanes) is 1. The number of carboxylic acid groups (broad SMARTS) is 1. The summed E-state index contributed by atoms with van der Waals surface area (Å²) in [7, 11) is 0. The second kappa shape index (κ2) is 11.2. The summed E-state index contributed by atoms with van der Waals surface area (Å²) >= 11 is 0. The van der Waals surface area contributed by atoms with E-state index in [-0.39, 0.29) is 55.7 Å². The Labute approximate surface area is 125 Å². The van der Waals surface area contributed by atoms with Gasteiger partial charge in [-0.05, 0) is 29.8 Å². The molecule has 0 spiro atoms. The van der Waals surface area contributed by atoms with E-state index >= 15 is 0 Å². The summed E-state index contributed by atoms with van der Waals surface area (Å²) < 4.78 is 0. The molecule has 0 aliphatic rings. The number of phenolic OH excluding ortho intramolecular Hbond substituents is 1. The SMILES string of the molecule is CCCC[O-].O=C([O-])c1ccc(O)cc1.[Ca+2]. The number of carbonyl (C=O) groups excluding carboxylic acids is 1. The summed E-state index contributed by atoms with van der Waals surface area (Å²) in [5.41, 5.74) is 0.0674. The van der Waals surface area contributed by atoms with Crippen LogP contribution >= 0.6 is 0 Å². The van der Waals surface area contributed by atoms with Crippen molar-refractivity contribution < 1.29 is 20.1 Å². The second-order valence-electron chi connectivity index (χ2n) is 2.89. The van der Waals surface area contributed by atoms with Crippen LogP contribution in [0, 0.1) is 0 Å². The Morgan fingerprint density at radius 3 is 2.06 bits per heavy atom. The van der Waals surface area contributed by atoms with Gasteiger partial charge in [0.15, 0.2) is 0 Å². The monoisotopic (exact) mass is 250 g/mol. The molecule has 1 rings (SSSR count). The fraction of sp³-hybridized carbons (Fsp3) is 0.364. The third-order valence-electron chi connectivity index (χ3n) is 1.60. The largest absolute Gasteiger partial charge is 2.00 e. The summed E-state index contributed by atoms with van der Waals surface area (Å²) in [6, 6.07) is 5.16. The number of phenols is 1. The van der Waals surface area contributed by atoms with Crippen LogP contribution in [0.5, 0.6) is 5.75 Å². The molecule has 1 aromatic rings. The molecule has 0 fully saturated rings. The van der Waals surface area contributed by atoms with E-state index in [4.69, 9.17) is 5.11 Å². The van der Waals surface area contributed by atoms with Crippen molar-refractivity contribution in [3.8, 4) is 5.75 Å². The van der Waals surface area contributed by atoms with Crippen molar-refractivity contribution >= 4 is 43.7 Å². The fourth-order valence-electron chi connectivity index (χ4n) is 0.742. The van der Waals surface area contributed by atoms with E-state index in [2.05, 4.69) is 0 Å². The number of carboxylic acids is 1. The predicted octanol–water partition coefficient (Wildman–Crippen LogP) is -0.478. The Balaban J connectivity index is 0. The zero-order chi connectivity index (χ0) is 11.7. The molecular formula is C11H14CaO4. The Morgan fingerprint density at radius 2 is 1.81 bits per heavy atom. The van der Waals surface area contributed by atoms with E-state index in [9.17, 15) is 15.0 Å². The molecule has 0 radical (unpaired) electrons. The summed E-state index contributed by atoms with van der Waals surface area (Å²) in [5, 5.41) is 28.4. The van der Waals surface area contributed by atoms with E-state index in [1.54, 1.807) is 0 Å². The number of aromatic hydroxyl groups is 1. The molecule has 0 bridgehead atoms. The van der Waals surface area contributed by atoms with Crippen molar-refractivity contribution in [3.63, 3.8) is 0 Å². The van der Waals surface area contributed by atoms with Crippen molar-refractivity contribution in [2.24, 2.45) is 0 Å². The number of hydrogen-bond donors (Lipinski definition) is 1. The topological polar surface area (TPSA) is 83.4 Å². The molecule has 0 saturated carbocycles. The first-order valence-electron chi connectivity index (χ1n) is 4.70. The van der Waals surface area contributed by atoms with Gasteiger partial charge in [-0.15, -0.1) is 6.61 Å². The molecule has 5 heteroatoms. The summed E-state index contributed by atoms with van der Waals surface area (Å²) in [5.74, 6) is -1.19. The van der Waals surface area contributed by atoms with Gasteiger partial charge in [0.1, 0.15) is 5.75 Å². The van der Waals surface area contributed by atoms with Crippen molar-refractivity contribution in [1.82, 2.24) is 0 Å². The van der Waals surface area contributed by atoms with E-state index < -0.39 is 5.97 Å². The van der Waals surface area contributed by atoms with Gasteiger partial charge in [0.2, 0.25) is 0 Å². The third-order valence-corrected chi connectivity index (χ3v) is 1.60. The number of benzene rings is 1. The molecule has 0 heterocycles. The van der Waals surface area contributed by atoms with Crippen LogP contribution in [-0.4, -0.2) is 55.4 Å². The Morgan fingerprint density at radius 1 is 1.31 bits per heavy atom. The molecule has 1 aromatic carbocycles. The molecule has 16 heavy (non-hydrogen) atoms. The molecule has 0 saturated heterocycles. The maximum Gasteiger partial charge on any atom is 2.00 e. The van der Waals surface area contributed by atoms with Crippen molar-refractivity contribution in [1.29, 1.82) is 0 Å². The van der Waals surface area contributed by atoms with Gasteiger partial charge in [0, 0.05) is 0 Å². The van der Waals surface area contributed by atoms with Gasteiger partial charge >= 0.3 is 37.7 Å². The first-order chi connectivity index (χ1) is 7.11. The zero-order valence-corrected chi connectivity index (χ0v) is 11.5. The standard InChI is InChI=1S/C7H6O3.C4H9O.Ca/c8-6-3-1-5(2-4-6)7(9)10;1-2-3-4-5;/h1-4,8H,(H,9,10);2-4H2,1H3;/q;-1;+2/p-1. The quantitative estimate of drug-likeness (QED) is 0.735. The van der Waals surface area contributed by atoms with Crippen molar-refractivity contribution in [3.05, 3.63) is 29.8 Å². The van der Waals surface area contributed by atoms with Crippen LogP contribution in [0.3, 0.4) is 0 Å². The smallest absolute Gasteiger partial charge is 0.854 e. The zero-order valence-electron chi connectivity index (χ0n) is 9.31. The van der Waals surface area contributed by atoms with Crippen LogP contribution in [0.25, 0.3) is 0 Å². The molecule has 84 valence electrons. The maximum absolute atomic E-state index is 10.1. The normalized spacial score (nSPS) is 8.38. The summed E-state index contributed by atoms with van der Waals surface area (Å²) in [4.78, 5) is 10.1. The van der Waals surface area contributed by atoms with Crippen LogP contribution in [0.1, 0.15) is 30.1 Å². The third kappa shape index (κ3) is 8.97. The minimum Gasteiger partial charge on any atom is -0.854 e. The van der Waals surface area contributed by atoms with Crippen LogP contribution in [0.4, 0.5) is 0 Å². The van der Waals surface area contributed by atoms with Crippen LogP contribution in [0.2, 0.25) is 0 Å². The molecule has 1 N–H and O–H groups in total. The van der Waals surface area contributed by atoms with Crippen molar-refractivity contribution in [2.75, 3.05) is 6.61 Å². The Bertz CT molecular complexity index is 283. The fourth-order valence-corrected chi connectivity index (χ4v) is 0.742. The number of hydrogen-bond acceptors (Lipinski definition) is 4. The van der Waals surface area contributed by atoms with Gasteiger partial charge in [-0.1, -0.05) is 19.8 Å². The van der Waals surface area contributed by atoms with E-state index in [0.29, 0.717) is 0 Å². The molecule has 0 aromatic heterocycles. The maximum atomic E-state index is 10.1. The van der Waals surface area contributed by atoms with Gasteiger partial charge in [-0.3, -0.25) is 0 Å². The average Bonchev–Trinajstić information content (AvgIpc) is 2.20. The van der Waals surface area contributed by atoms with Gasteiger partial charge in [-0.25, -0.2) is 0 Å². The molecule has 0 unspecified atom stereocenters. The minimum atomic E-state index is -1.24. The first kappa shape index (κ1) is 18.1. The van der Waals surface area contributed by atoms with E-state index in [1.165, 1.54) is 24.3 Å². The number of aromatic carboxylic acids is 1. The summed E-state index contributed by atoms with van der Waals surface area (Å²) in [6.45, 7) is 2.11. The molecule has 0 aliphatic heterocycles. The molecule has 0 atom stereocenters. The van der Waals surface area contributed by atoms with Crippen LogP contribution in [-0.2, 0) is 0 Å². The Kier molecular flexibility index (Phi) is 12.7. The first-order valence-corrected chi connectivity index (χ1v) is 4.70. The molecular weight excluding hydrogens is 236 g/mol. The predicted molar refractivity (Wildman–Crippen MR) is 58.0 cm³/mol. The minimum absolute atomic E-state index is 0. The average molecular weight is 250 g/mol. The van der Waals surface area contributed by atoms with Gasteiger partial charge in [0.25, 0.3) is 0 Å². The van der Waals surface area contributed by atoms with Gasteiger partial charge < -0.3 is 20.1 Å². The van der Waals surface area contributed by atoms with E-state index in [1.807, 2.05) is 6.92 Å². The van der Waals surface area contributed by atoms with E-state index in [0.717, 1.165) is 12.8 Å². The molecule has 0 aliphatic carbocycles. The van der Waals surface area contributed by atoms with Gasteiger partial charge in [-0.2, -0.15) is 0 Å². The summed E-state index contributed by atoms with van der Waals surface area (Å²) in [6.07, 6.45) is 1.86. The Hall–Kier alpha value is -0.290. The number of carbonyl (C=O) groups is 1. The second-order valence-corrected chi connectivity index (χ2v) is 2.89. The van der Waals surface area contributed by atoms with Crippen LogP contribution < -0.4 is 10.2 Å². The van der Waals surface area contributed by atoms with Crippen LogP contribution in [0.15, 0.2) is 24.3 Å².